The summed E-state index contributed by atoms with van der Waals surface area (Å²) in [5, 5.41) is 6.29. The van der Waals surface area contributed by atoms with Crippen molar-refractivity contribution in [2.24, 2.45) is 0 Å². The lowest BCUT2D eigenvalue weighted by molar-refractivity contribution is -0.120. The van der Waals surface area contributed by atoms with Crippen molar-refractivity contribution < 1.29 is 14.3 Å². The van der Waals surface area contributed by atoms with Gasteiger partial charge in [-0.25, -0.2) is 0 Å². The van der Waals surface area contributed by atoms with E-state index in [1.165, 1.54) is 0 Å². The summed E-state index contributed by atoms with van der Waals surface area (Å²) in [4.78, 5) is 11.5. The zero-order valence-corrected chi connectivity index (χ0v) is 10.8. The molecule has 102 valence electrons. The minimum absolute atomic E-state index is 0.118. The van der Waals surface area contributed by atoms with Crippen LogP contribution in [0.1, 0.15) is 19.3 Å². The lowest BCUT2D eigenvalue weighted by atomic mass is 10.1. The van der Waals surface area contributed by atoms with Gasteiger partial charge in [0.2, 0.25) is 5.91 Å². The monoisotopic (exact) mass is 262 g/mol. The van der Waals surface area contributed by atoms with Crippen LogP contribution in [0.5, 0.6) is 11.5 Å². The number of nitrogens with one attached hydrogen (secondary N) is 2. The third-order valence-corrected chi connectivity index (χ3v) is 3.40. The molecule has 5 heteroatoms. The van der Waals surface area contributed by atoms with Crippen LogP contribution >= 0.6 is 0 Å². The number of ether oxygens (including phenoxy) is 2. The third kappa shape index (κ3) is 2.92. The Balaban J connectivity index is 1.70. The van der Waals surface area contributed by atoms with E-state index >= 15 is 0 Å². The summed E-state index contributed by atoms with van der Waals surface area (Å²) in [6.07, 6.45) is 2.52. The van der Waals surface area contributed by atoms with Gasteiger partial charge in [-0.2, -0.15) is 0 Å². The summed E-state index contributed by atoms with van der Waals surface area (Å²) in [5.41, 5.74) is 0.976. The van der Waals surface area contributed by atoms with Crippen LogP contribution in [0.15, 0.2) is 18.2 Å². The predicted octanol–water partition coefficient (Wildman–Crippen LogP) is 1.54. The summed E-state index contributed by atoms with van der Waals surface area (Å²) in [6, 6.07) is 6.01. The van der Waals surface area contributed by atoms with E-state index < -0.39 is 0 Å². The Labute approximate surface area is 112 Å². The highest BCUT2D eigenvalue weighted by Gasteiger charge is 2.18. The van der Waals surface area contributed by atoms with Crippen LogP contribution in [-0.2, 0) is 4.79 Å². The molecule has 3 rings (SSSR count). The smallest absolute Gasteiger partial charge is 0.222 e. The van der Waals surface area contributed by atoms with E-state index in [-0.39, 0.29) is 11.9 Å². The Kier molecular flexibility index (Phi) is 3.44. The number of hydrogen-bond donors (Lipinski definition) is 2. The third-order valence-electron chi connectivity index (χ3n) is 3.40. The summed E-state index contributed by atoms with van der Waals surface area (Å²) >= 11 is 0. The van der Waals surface area contributed by atoms with Gasteiger partial charge < -0.3 is 20.1 Å². The molecule has 19 heavy (non-hydrogen) atoms. The number of anilines is 1. The first-order valence-electron chi connectivity index (χ1n) is 6.74. The fraction of sp³-hybridized carbons (Fsp3) is 0.500. The van der Waals surface area contributed by atoms with Gasteiger partial charge in [0.05, 0.1) is 0 Å². The summed E-state index contributed by atoms with van der Waals surface area (Å²) in [7, 11) is 0. The van der Waals surface area contributed by atoms with Gasteiger partial charge in [0, 0.05) is 30.8 Å². The Morgan fingerprint density at radius 2 is 2.05 bits per heavy atom. The first kappa shape index (κ1) is 12.1. The van der Waals surface area contributed by atoms with E-state index in [1.54, 1.807) is 0 Å². The first-order chi connectivity index (χ1) is 9.31. The van der Waals surface area contributed by atoms with E-state index in [0.29, 0.717) is 19.6 Å². The highest BCUT2D eigenvalue weighted by molar-refractivity contribution is 5.77. The van der Waals surface area contributed by atoms with Crippen LogP contribution in [-0.4, -0.2) is 31.7 Å². The molecule has 5 nitrogen and oxygen atoms in total. The topological polar surface area (TPSA) is 59.6 Å². The molecular weight excluding hydrogens is 244 g/mol. The number of hydrogen-bond acceptors (Lipinski definition) is 4. The van der Waals surface area contributed by atoms with E-state index in [2.05, 4.69) is 10.6 Å². The molecule has 0 bridgehead atoms. The molecule has 0 aliphatic carbocycles. The SMILES string of the molecule is O=C1CC(Nc2ccc3c(c2)OCCO3)CCCN1. The molecule has 0 spiro atoms. The van der Waals surface area contributed by atoms with Gasteiger partial charge in [-0.3, -0.25) is 4.79 Å². The first-order valence-corrected chi connectivity index (χ1v) is 6.74. The average molecular weight is 262 g/mol. The van der Waals surface area contributed by atoms with Crippen molar-refractivity contribution >= 4 is 11.6 Å². The van der Waals surface area contributed by atoms with Crippen molar-refractivity contribution in [2.75, 3.05) is 25.1 Å². The van der Waals surface area contributed by atoms with Gasteiger partial charge in [-0.15, -0.1) is 0 Å². The van der Waals surface area contributed by atoms with E-state index in [4.69, 9.17) is 9.47 Å². The second kappa shape index (κ2) is 5.38. The molecule has 0 radical (unpaired) electrons. The number of carbonyl (C=O) groups excluding carboxylic acids is 1. The minimum atomic E-state index is 0.118. The molecule has 1 aromatic carbocycles. The maximum absolute atomic E-state index is 11.5. The van der Waals surface area contributed by atoms with Crippen LogP contribution in [0.2, 0.25) is 0 Å². The summed E-state index contributed by atoms with van der Waals surface area (Å²) in [5.74, 6) is 1.68. The van der Waals surface area contributed by atoms with Gasteiger partial charge in [-0.1, -0.05) is 0 Å². The number of fused-ring (bicyclic) bond motifs is 1. The maximum Gasteiger partial charge on any atom is 0.222 e. The average Bonchev–Trinajstić information content (AvgIpc) is 2.63. The lowest BCUT2D eigenvalue weighted by Crippen LogP contribution is -2.26. The Hall–Kier alpha value is -1.91. The summed E-state index contributed by atoms with van der Waals surface area (Å²) < 4.78 is 11.0. The molecule has 2 N–H and O–H groups in total. The highest BCUT2D eigenvalue weighted by Crippen LogP contribution is 2.33. The molecule has 1 atom stereocenters. The van der Waals surface area contributed by atoms with Crippen molar-refractivity contribution in [1.29, 1.82) is 0 Å². The summed E-state index contributed by atoms with van der Waals surface area (Å²) in [6.45, 7) is 1.96. The second-order valence-corrected chi connectivity index (χ2v) is 4.90. The van der Waals surface area contributed by atoms with Crippen molar-refractivity contribution in [3.05, 3.63) is 18.2 Å². The van der Waals surface area contributed by atoms with Gasteiger partial charge in [-0.05, 0) is 25.0 Å². The fourth-order valence-corrected chi connectivity index (χ4v) is 2.47. The Morgan fingerprint density at radius 1 is 1.21 bits per heavy atom. The van der Waals surface area contributed by atoms with E-state index in [9.17, 15) is 4.79 Å². The molecular formula is C14H18N2O3. The number of benzene rings is 1. The van der Waals surface area contributed by atoms with Crippen LogP contribution in [0.25, 0.3) is 0 Å². The zero-order chi connectivity index (χ0) is 13.1. The zero-order valence-electron chi connectivity index (χ0n) is 10.8. The molecule has 1 aromatic rings. The number of amides is 1. The van der Waals surface area contributed by atoms with Crippen molar-refractivity contribution in [3.63, 3.8) is 0 Å². The Morgan fingerprint density at radius 3 is 2.95 bits per heavy atom. The van der Waals surface area contributed by atoms with Crippen LogP contribution < -0.4 is 20.1 Å². The number of rotatable bonds is 2. The quantitative estimate of drug-likeness (QED) is 0.848. The molecule has 1 fully saturated rings. The van der Waals surface area contributed by atoms with Crippen LogP contribution in [0, 0.1) is 0 Å². The maximum atomic E-state index is 11.5. The molecule has 2 aliphatic heterocycles. The molecule has 2 heterocycles. The lowest BCUT2D eigenvalue weighted by Gasteiger charge is -2.21. The predicted molar refractivity (Wildman–Crippen MR) is 71.7 cm³/mol. The largest absolute Gasteiger partial charge is 0.486 e. The van der Waals surface area contributed by atoms with Crippen molar-refractivity contribution in [2.45, 2.75) is 25.3 Å². The normalized spacial score (nSPS) is 22.3. The van der Waals surface area contributed by atoms with Gasteiger partial charge in [0.15, 0.2) is 11.5 Å². The van der Waals surface area contributed by atoms with Gasteiger partial charge in [0.1, 0.15) is 13.2 Å². The van der Waals surface area contributed by atoms with Crippen molar-refractivity contribution in [1.82, 2.24) is 5.32 Å². The van der Waals surface area contributed by atoms with E-state index in [0.717, 1.165) is 36.6 Å². The van der Waals surface area contributed by atoms with Crippen molar-refractivity contribution in [3.8, 4) is 11.5 Å². The molecule has 2 aliphatic rings. The Bertz CT molecular complexity index is 476. The van der Waals surface area contributed by atoms with E-state index in [1.807, 2.05) is 18.2 Å². The fourth-order valence-electron chi connectivity index (χ4n) is 2.47. The van der Waals surface area contributed by atoms with Gasteiger partial charge >= 0.3 is 0 Å². The molecule has 1 unspecified atom stereocenters. The number of carbonyl (C=O) groups is 1. The van der Waals surface area contributed by atoms with Crippen LogP contribution in [0.4, 0.5) is 5.69 Å². The highest BCUT2D eigenvalue weighted by atomic mass is 16.6. The van der Waals surface area contributed by atoms with Crippen LogP contribution in [0.3, 0.4) is 0 Å². The molecule has 1 saturated heterocycles. The standard InChI is InChI=1S/C14H18N2O3/c17-14-9-10(2-1-5-15-14)16-11-3-4-12-13(8-11)19-7-6-18-12/h3-4,8,10,16H,1-2,5-7,9H2,(H,15,17). The molecule has 0 saturated carbocycles. The molecule has 1 amide bonds. The van der Waals surface area contributed by atoms with Gasteiger partial charge in [0.25, 0.3) is 0 Å². The molecule has 0 aromatic heterocycles. The second-order valence-electron chi connectivity index (χ2n) is 4.90. The minimum Gasteiger partial charge on any atom is -0.486 e.